The van der Waals surface area contributed by atoms with Crippen molar-refractivity contribution in [1.82, 2.24) is 0 Å². The summed E-state index contributed by atoms with van der Waals surface area (Å²) >= 11 is 0. The van der Waals surface area contributed by atoms with Crippen molar-refractivity contribution in [2.24, 2.45) is 5.16 Å². The summed E-state index contributed by atoms with van der Waals surface area (Å²) < 4.78 is 0. The number of oxime groups is 1. The summed E-state index contributed by atoms with van der Waals surface area (Å²) in [7, 11) is 0. The fourth-order valence-electron chi connectivity index (χ4n) is 0.870. The minimum absolute atomic E-state index is 0.691. The molecule has 0 saturated heterocycles. The van der Waals surface area contributed by atoms with Crippen molar-refractivity contribution in [2.75, 3.05) is 0 Å². The maximum atomic E-state index is 8.15. The van der Waals surface area contributed by atoms with Gasteiger partial charge in [0.25, 0.3) is 0 Å². The molecule has 0 atom stereocenters. The second kappa shape index (κ2) is 3.76. The summed E-state index contributed by atoms with van der Waals surface area (Å²) in [5.74, 6) is 0. The molecular formula is C9H11NO. The van der Waals surface area contributed by atoms with Crippen LogP contribution in [0.2, 0.25) is 0 Å². The summed E-state index contributed by atoms with van der Waals surface area (Å²) in [5, 5.41) is 11.1. The van der Waals surface area contributed by atoms with Crippen LogP contribution in [0.15, 0.2) is 29.4 Å². The fraction of sp³-hybridized carbons (Fsp3) is 0.222. The van der Waals surface area contributed by atoms with E-state index in [1.165, 1.54) is 11.8 Å². The first kappa shape index (κ1) is 7.79. The molecule has 0 amide bonds. The Kier molecular flexibility index (Phi) is 2.66. The third-order valence-corrected chi connectivity index (χ3v) is 1.53. The molecule has 0 spiro atoms. The van der Waals surface area contributed by atoms with Crippen molar-refractivity contribution >= 4 is 6.21 Å². The van der Waals surface area contributed by atoms with Gasteiger partial charge < -0.3 is 5.21 Å². The quantitative estimate of drug-likeness (QED) is 0.389. The molecule has 0 heterocycles. The molecule has 0 bridgehead atoms. The Morgan fingerprint density at radius 1 is 1.36 bits per heavy atom. The third kappa shape index (κ3) is 2.42. The van der Waals surface area contributed by atoms with Crippen LogP contribution in [-0.2, 0) is 6.42 Å². The second-order valence-corrected chi connectivity index (χ2v) is 2.49. The number of nitrogens with zero attached hydrogens (tertiary/aromatic N) is 1. The first-order chi connectivity index (χ1) is 5.33. The average molecular weight is 149 g/mol. The summed E-state index contributed by atoms with van der Waals surface area (Å²) in [6, 6.07) is 8.13. The number of hydrogen-bond donors (Lipinski definition) is 1. The maximum Gasteiger partial charge on any atom is 0.0479 e. The van der Waals surface area contributed by atoms with Crippen LogP contribution in [-0.4, -0.2) is 11.4 Å². The van der Waals surface area contributed by atoms with E-state index in [-0.39, 0.29) is 0 Å². The van der Waals surface area contributed by atoms with E-state index in [9.17, 15) is 0 Å². The molecule has 0 aliphatic heterocycles. The first-order valence-electron chi connectivity index (χ1n) is 3.54. The molecule has 1 rings (SSSR count). The largest absolute Gasteiger partial charge is 0.411 e. The Morgan fingerprint density at radius 2 is 2.00 bits per heavy atom. The molecule has 58 valence electrons. The Hall–Kier alpha value is -1.31. The van der Waals surface area contributed by atoms with Crippen molar-refractivity contribution in [3.63, 3.8) is 0 Å². The summed E-state index contributed by atoms with van der Waals surface area (Å²) in [6.45, 7) is 2.05. The van der Waals surface area contributed by atoms with Crippen LogP contribution in [0.5, 0.6) is 0 Å². The molecular weight excluding hydrogens is 138 g/mol. The van der Waals surface area contributed by atoms with E-state index in [2.05, 4.69) is 5.16 Å². The molecule has 2 nitrogen and oxygen atoms in total. The van der Waals surface area contributed by atoms with Gasteiger partial charge in [0.1, 0.15) is 0 Å². The second-order valence-electron chi connectivity index (χ2n) is 2.49. The molecule has 0 aliphatic carbocycles. The molecule has 0 aliphatic rings. The maximum absolute atomic E-state index is 8.15. The number of benzene rings is 1. The smallest absolute Gasteiger partial charge is 0.0479 e. The van der Waals surface area contributed by atoms with Crippen molar-refractivity contribution in [3.8, 4) is 0 Å². The third-order valence-electron chi connectivity index (χ3n) is 1.53. The zero-order valence-corrected chi connectivity index (χ0v) is 6.49. The van der Waals surface area contributed by atoms with Crippen LogP contribution in [0.3, 0.4) is 0 Å². The summed E-state index contributed by atoms with van der Waals surface area (Å²) in [5.41, 5.74) is 2.41. The van der Waals surface area contributed by atoms with E-state index in [0.29, 0.717) is 6.42 Å². The minimum atomic E-state index is 0.691. The van der Waals surface area contributed by atoms with Crippen LogP contribution in [0, 0.1) is 6.92 Å². The SMILES string of the molecule is Cc1ccc(CC=NO)cc1. The lowest BCUT2D eigenvalue weighted by molar-refractivity contribution is 0.321. The van der Waals surface area contributed by atoms with Gasteiger partial charge in [0.2, 0.25) is 0 Å². The molecule has 0 aromatic heterocycles. The minimum Gasteiger partial charge on any atom is -0.411 e. The summed E-state index contributed by atoms with van der Waals surface area (Å²) in [4.78, 5) is 0. The molecule has 0 radical (unpaired) electrons. The number of aryl methyl sites for hydroxylation is 1. The van der Waals surface area contributed by atoms with E-state index in [1.807, 2.05) is 31.2 Å². The lowest BCUT2D eigenvalue weighted by atomic mass is 10.1. The van der Waals surface area contributed by atoms with Crippen LogP contribution < -0.4 is 0 Å². The molecule has 1 aromatic rings. The summed E-state index contributed by atoms with van der Waals surface area (Å²) in [6.07, 6.45) is 2.17. The van der Waals surface area contributed by atoms with E-state index < -0.39 is 0 Å². The van der Waals surface area contributed by atoms with Gasteiger partial charge in [0, 0.05) is 12.6 Å². The van der Waals surface area contributed by atoms with Gasteiger partial charge in [-0.05, 0) is 12.5 Å². The van der Waals surface area contributed by atoms with Crippen LogP contribution >= 0.6 is 0 Å². The van der Waals surface area contributed by atoms with Gasteiger partial charge in [-0.1, -0.05) is 29.8 Å². The van der Waals surface area contributed by atoms with E-state index in [4.69, 9.17) is 5.21 Å². The highest BCUT2D eigenvalue weighted by Gasteiger charge is 1.88. The van der Waals surface area contributed by atoms with Crippen molar-refractivity contribution < 1.29 is 5.21 Å². The van der Waals surface area contributed by atoms with Crippen molar-refractivity contribution in [3.05, 3.63) is 35.4 Å². The first-order valence-corrected chi connectivity index (χ1v) is 3.54. The van der Waals surface area contributed by atoms with E-state index >= 15 is 0 Å². The highest BCUT2D eigenvalue weighted by molar-refractivity contribution is 5.60. The Balaban J connectivity index is 2.66. The fourth-order valence-corrected chi connectivity index (χ4v) is 0.870. The normalized spacial score (nSPS) is 10.6. The highest BCUT2D eigenvalue weighted by atomic mass is 16.4. The molecule has 0 saturated carbocycles. The standard InChI is InChI=1S/C9H11NO/c1-8-2-4-9(5-3-8)6-7-10-11/h2-5,7,11H,6H2,1H3. The van der Waals surface area contributed by atoms with Gasteiger partial charge in [0.15, 0.2) is 0 Å². The van der Waals surface area contributed by atoms with Gasteiger partial charge in [-0.15, -0.1) is 5.16 Å². The molecule has 2 heteroatoms. The average Bonchev–Trinajstić information content (AvgIpc) is 2.04. The Bertz CT molecular complexity index is 238. The number of rotatable bonds is 2. The van der Waals surface area contributed by atoms with Crippen LogP contribution in [0.1, 0.15) is 11.1 Å². The van der Waals surface area contributed by atoms with Gasteiger partial charge in [-0.25, -0.2) is 0 Å². The van der Waals surface area contributed by atoms with E-state index in [0.717, 1.165) is 5.56 Å². The molecule has 0 unspecified atom stereocenters. The zero-order chi connectivity index (χ0) is 8.10. The van der Waals surface area contributed by atoms with Crippen molar-refractivity contribution in [1.29, 1.82) is 0 Å². The van der Waals surface area contributed by atoms with Crippen molar-refractivity contribution in [2.45, 2.75) is 13.3 Å². The monoisotopic (exact) mass is 149 g/mol. The molecule has 1 aromatic carbocycles. The number of hydrogen-bond acceptors (Lipinski definition) is 2. The molecule has 11 heavy (non-hydrogen) atoms. The highest BCUT2D eigenvalue weighted by Crippen LogP contribution is 2.02. The zero-order valence-electron chi connectivity index (χ0n) is 6.49. The van der Waals surface area contributed by atoms with E-state index in [1.54, 1.807) is 0 Å². The van der Waals surface area contributed by atoms with Crippen LogP contribution in [0.4, 0.5) is 0 Å². The van der Waals surface area contributed by atoms with Gasteiger partial charge in [-0.3, -0.25) is 0 Å². The lowest BCUT2D eigenvalue weighted by Gasteiger charge is -1.95. The van der Waals surface area contributed by atoms with Gasteiger partial charge >= 0.3 is 0 Å². The molecule has 1 N–H and O–H groups in total. The lowest BCUT2D eigenvalue weighted by Crippen LogP contribution is -1.85. The van der Waals surface area contributed by atoms with Gasteiger partial charge in [-0.2, -0.15) is 0 Å². The topological polar surface area (TPSA) is 32.6 Å². The predicted molar refractivity (Wildman–Crippen MR) is 45.2 cm³/mol. The predicted octanol–water partition coefficient (Wildman–Crippen LogP) is 2.00. The van der Waals surface area contributed by atoms with Gasteiger partial charge in [0.05, 0.1) is 0 Å². The molecule has 0 fully saturated rings. The Morgan fingerprint density at radius 3 is 2.55 bits per heavy atom. The van der Waals surface area contributed by atoms with Crippen LogP contribution in [0.25, 0.3) is 0 Å². The Labute approximate surface area is 66.2 Å².